The van der Waals surface area contributed by atoms with Gasteiger partial charge in [-0.1, -0.05) is 20.8 Å². The average molecular weight is 579 g/mol. The summed E-state index contributed by atoms with van der Waals surface area (Å²) in [7, 11) is 0. The van der Waals surface area contributed by atoms with Crippen LogP contribution in [0.5, 0.6) is 5.75 Å². The number of ether oxygens (including phenoxy) is 1. The van der Waals surface area contributed by atoms with Gasteiger partial charge in [-0.25, -0.2) is 4.99 Å². The lowest BCUT2D eigenvalue weighted by atomic mass is 9.72. The van der Waals surface area contributed by atoms with E-state index in [0.29, 0.717) is 11.7 Å². The number of halogens is 1. The molecule has 5 nitrogen and oxygen atoms in total. The second-order valence-electron chi connectivity index (χ2n) is 10.7. The third kappa shape index (κ3) is 6.49. The van der Waals surface area contributed by atoms with E-state index < -0.39 is 0 Å². The Morgan fingerprint density at radius 3 is 2.62 bits per heavy atom. The molecule has 0 saturated heterocycles. The fourth-order valence-electron chi connectivity index (χ4n) is 4.51. The van der Waals surface area contributed by atoms with Crippen LogP contribution in [0.2, 0.25) is 0 Å². The molecule has 4 rings (SSSR count). The zero-order valence-corrected chi connectivity index (χ0v) is 24.3. The first-order valence-electron chi connectivity index (χ1n) is 12.4. The topological polar surface area (TPSA) is 74.5 Å². The first kappa shape index (κ1) is 27.1. The zero-order valence-electron chi connectivity index (χ0n) is 21.9. The van der Waals surface area contributed by atoms with E-state index in [2.05, 4.69) is 53.1 Å². The van der Waals surface area contributed by atoms with Crippen molar-refractivity contribution in [1.82, 2.24) is 0 Å². The minimum absolute atomic E-state index is 0.0887. The fraction of sp³-hybridized carbons (Fsp3) is 0.367. The van der Waals surface area contributed by atoms with Gasteiger partial charge in [0.05, 0.1) is 11.3 Å². The van der Waals surface area contributed by atoms with E-state index >= 15 is 0 Å². The van der Waals surface area contributed by atoms with Crippen molar-refractivity contribution in [3.8, 4) is 11.8 Å². The van der Waals surface area contributed by atoms with Crippen LogP contribution >= 0.6 is 27.3 Å². The lowest BCUT2D eigenvalue weighted by Gasteiger charge is -2.33. The SMILES string of the molecule is Cc1cc(Br)c(NC(=O)COc2ccc(C=Nc3sc4c(c3C#N)CC[C@@H](C(C)(C)C)C4)cc2)cc1C. The summed E-state index contributed by atoms with van der Waals surface area (Å²) in [6.07, 6.45) is 4.87. The molecule has 1 heterocycles. The number of nitriles is 1. The van der Waals surface area contributed by atoms with E-state index in [1.54, 1.807) is 17.6 Å². The second kappa shape index (κ2) is 11.2. The van der Waals surface area contributed by atoms with E-state index in [-0.39, 0.29) is 17.9 Å². The predicted octanol–water partition coefficient (Wildman–Crippen LogP) is 7.92. The van der Waals surface area contributed by atoms with Crippen molar-refractivity contribution >= 4 is 50.1 Å². The van der Waals surface area contributed by atoms with E-state index in [0.717, 1.165) is 56.7 Å². The van der Waals surface area contributed by atoms with Crippen molar-refractivity contribution in [3.63, 3.8) is 0 Å². The molecular formula is C30H32BrN3O2S. The second-order valence-corrected chi connectivity index (χ2v) is 12.6. The Bertz CT molecular complexity index is 1380. The summed E-state index contributed by atoms with van der Waals surface area (Å²) in [4.78, 5) is 18.4. The predicted molar refractivity (Wildman–Crippen MR) is 155 cm³/mol. The van der Waals surface area contributed by atoms with Gasteiger partial charge in [-0.05, 0) is 119 Å². The number of hydrogen-bond acceptors (Lipinski definition) is 5. The highest BCUT2D eigenvalue weighted by atomic mass is 79.9. The molecule has 192 valence electrons. The van der Waals surface area contributed by atoms with E-state index in [4.69, 9.17) is 4.74 Å². The van der Waals surface area contributed by atoms with Gasteiger partial charge in [0, 0.05) is 15.6 Å². The lowest BCUT2D eigenvalue weighted by Crippen LogP contribution is -2.26. The van der Waals surface area contributed by atoms with Gasteiger partial charge < -0.3 is 10.1 Å². The highest BCUT2D eigenvalue weighted by molar-refractivity contribution is 9.10. The maximum absolute atomic E-state index is 12.4. The molecule has 0 fully saturated rings. The Kier molecular flexibility index (Phi) is 8.20. The number of benzene rings is 2. The molecule has 1 aromatic heterocycles. The molecule has 3 aromatic rings. The van der Waals surface area contributed by atoms with E-state index in [9.17, 15) is 10.1 Å². The minimum atomic E-state index is -0.228. The summed E-state index contributed by atoms with van der Waals surface area (Å²) in [6.45, 7) is 10.8. The van der Waals surface area contributed by atoms with Crippen molar-refractivity contribution in [3.05, 3.63) is 73.6 Å². The van der Waals surface area contributed by atoms with Crippen LogP contribution < -0.4 is 10.1 Å². The molecule has 7 heteroatoms. The number of carbonyl (C=O) groups excluding carboxylic acids is 1. The standard InChI is InChI=1S/C30H32BrN3O2S/c1-18-12-25(31)26(13-19(18)2)34-28(35)17-36-22-9-6-20(7-10-22)16-33-29-24(15-32)23-11-8-21(30(3,4)5)14-27(23)37-29/h6-7,9-10,12-13,16,21H,8,11,14,17H2,1-5H3,(H,34,35)/t21-/m1/s1. The number of aliphatic imine (C=N–C) groups is 1. The number of thiophene rings is 1. The van der Waals surface area contributed by atoms with Crippen molar-refractivity contribution in [2.45, 2.75) is 53.9 Å². The maximum atomic E-state index is 12.4. The van der Waals surface area contributed by atoms with Gasteiger partial charge in [0.15, 0.2) is 6.61 Å². The largest absolute Gasteiger partial charge is 0.484 e. The Morgan fingerprint density at radius 2 is 1.95 bits per heavy atom. The maximum Gasteiger partial charge on any atom is 0.262 e. The van der Waals surface area contributed by atoms with E-state index in [1.807, 2.05) is 50.2 Å². The first-order valence-corrected chi connectivity index (χ1v) is 14.0. The third-order valence-corrected chi connectivity index (χ3v) is 8.84. The number of fused-ring (bicyclic) bond motifs is 1. The molecule has 0 saturated carbocycles. The van der Waals surface area contributed by atoms with Crippen molar-refractivity contribution in [2.24, 2.45) is 16.3 Å². The molecular weight excluding hydrogens is 546 g/mol. The summed E-state index contributed by atoms with van der Waals surface area (Å²) in [6, 6.07) is 13.7. The van der Waals surface area contributed by atoms with Crippen LogP contribution in [0.15, 0.2) is 45.9 Å². The number of rotatable bonds is 6. The number of anilines is 1. The van der Waals surface area contributed by atoms with Crippen LogP contribution in [0.3, 0.4) is 0 Å². The number of nitrogens with one attached hydrogen (secondary N) is 1. The molecule has 1 atom stereocenters. The molecule has 0 aliphatic heterocycles. The Labute approximate surface area is 231 Å². The molecule has 1 N–H and O–H groups in total. The van der Waals surface area contributed by atoms with Crippen molar-refractivity contribution in [2.75, 3.05) is 11.9 Å². The summed E-state index contributed by atoms with van der Waals surface area (Å²) >= 11 is 5.15. The Hall–Kier alpha value is -2.95. The van der Waals surface area contributed by atoms with E-state index in [1.165, 1.54) is 10.4 Å². The van der Waals surface area contributed by atoms with Crippen LogP contribution in [0.25, 0.3) is 0 Å². The summed E-state index contributed by atoms with van der Waals surface area (Å²) in [5, 5.41) is 13.5. The van der Waals surface area contributed by atoms with Gasteiger partial charge in [0.1, 0.15) is 16.8 Å². The van der Waals surface area contributed by atoms with Crippen LogP contribution in [0.1, 0.15) is 59.9 Å². The number of aryl methyl sites for hydroxylation is 2. The van der Waals surface area contributed by atoms with Gasteiger partial charge in [-0.3, -0.25) is 4.79 Å². The summed E-state index contributed by atoms with van der Waals surface area (Å²) in [5.41, 5.74) is 6.07. The first-order chi connectivity index (χ1) is 17.5. The molecule has 0 radical (unpaired) electrons. The third-order valence-electron chi connectivity index (χ3n) is 7.02. The van der Waals surface area contributed by atoms with Crippen molar-refractivity contribution < 1.29 is 9.53 Å². The molecule has 2 aromatic carbocycles. The minimum Gasteiger partial charge on any atom is -0.484 e. The Balaban J connectivity index is 1.37. The zero-order chi connectivity index (χ0) is 26.7. The molecule has 1 aliphatic carbocycles. The normalized spacial score (nSPS) is 15.3. The van der Waals surface area contributed by atoms with Gasteiger partial charge >= 0.3 is 0 Å². The van der Waals surface area contributed by atoms with Crippen LogP contribution in [-0.2, 0) is 17.6 Å². The molecule has 0 bridgehead atoms. The Morgan fingerprint density at radius 1 is 1.24 bits per heavy atom. The smallest absolute Gasteiger partial charge is 0.262 e. The quantitative estimate of drug-likeness (QED) is 0.302. The molecule has 0 unspecified atom stereocenters. The van der Waals surface area contributed by atoms with Crippen LogP contribution in [0, 0.1) is 36.5 Å². The number of carbonyl (C=O) groups is 1. The van der Waals surface area contributed by atoms with Gasteiger partial charge in [-0.2, -0.15) is 5.26 Å². The average Bonchev–Trinajstić information content (AvgIpc) is 3.21. The molecule has 1 amide bonds. The van der Waals surface area contributed by atoms with Crippen LogP contribution in [0.4, 0.5) is 10.7 Å². The van der Waals surface area contributed by atoms with Crippen LogP contribution in [-0.4, -0.2) is 18.7 Å². The van der Waals surface area contributed by atoms with Gasteiger partial charge in [0.2, 0.25) is 0 Å². The molecule has 1 aliphatic rings. The van der Waals surface area contributed by atoms with Gasteiger partial charge in [-0.15, -0.1) is 11.3 Å². The fourth-order valence-corrected chi connectivity index (χ4v) is 6.29. The summed E-state index contributed by atoms with van der Waals surface area (Å²) < 4.78 is 6.51. The van der Waals surface area contributed by atoms with Gasteiger partial charge in [0.25, 0.3) is 5.91 Å². The monoisotopic (exact) mass is 577 g/mol. The summed E-state index contributed by atoms with van der Waals surface area (Å²) in [5.74, 6) is 0.997. The lowest BCUT2D eigenvalue weighted by molar-refractivity contribution is -0.118. The van der Waals surface area contributed by atoms with Crippen molar-refractivity contribution in [1.29, 1.82) is 5.26 Å². The number of nitrogens with zero attached hydrogens (tertiary/aromatic N) is 2. The number of hydrogen-bond donors (Lipinski definition) is 1. The highest BCUT2D eigenvalue weighted by Crippen LogP contribution is 2.44. The number of amides is 1. The molecule has 0 spiro atoms. The highest BCUT2D eigenvalue weighted by Gasteiger charge is 2.32. The molecule has 37 heavy (non-hydrogen) atoms.